The zero-order valence-corrected chi connectivity index (χ0v) is 28.7. The van der Waals surface area contributed by atoms with E-state index < -0.39 is 122 Å². The molecular weight excluding hydrogens is 698 g/mol. The van der Waals surface area contributed by atoms with E-state index >= 15 is 0 Å². The van der Waals surface area contributed by atoms with Gasteiger partial charge in [0.15, 0.2) is 5.96 Å². The molecule has 7 atom stereocenters. The van der Waals surface area contributed by atoms with Crippen molar-refractivity contribution in [3.05, 3.63) is 0 Å². The summed E-state index contributed by atoms with van der Waals surface area (Å²) in [6.45, 7) is -0.433. The first-order valence-corrected chi connectivity index (χ1v) is 15.9. The second kappa shape index (κ2) is 24.1. The first-order chi connectivity index (χ1) is 24.3. The Morgan fingerprint density at radius 1 is 0.577 bits per heavy atom. The van der Waals surface area contributed by atoms with Gasteiger partial charge in [0, 0.05) is 6.54 Å². The van der Waals surface area contributed by atoms with Crippen LogP contribution in [0.3, 0.4) is 0 Å². The number of aliphatic carboxylic acids is 1. The molecule has 0 saturated heterocycles. The zero-order chi connectivity index (χ0) is 40.1. The van der Waals surface area contributed by atoms with E-state index in [-0.39, 0.29) is 37.7 Å². The number of carbonyl (C=O) groups excluding carboxylic acids is 7. The summed E-state index contributed by atoms with van der Waals surface area (Å²) in [6.07, 6.45) is -0.873. The van der Waals surface area contributed by atoms with Crippen LogP contribution in [0.15, 0.2) is 4.99 Å². The van der Waals surface area contributed by atoms with Crippen LogP contribution in [0.4, 0.5) is 0 Å². The summed E-state index contributed by atoms with van der Waals surface area (Å²) in [5.41, 5.74) is 21.1. The Morgan fingerprint density at radius 3 is 1.35 bits per heavy atom. The number of primary amides is 1. The Bertz CT molecular complexity index is 1280. The average molecular weight is 750 g/mol. The Balaban J connectivity index is 5.86. The van der Waals surface area contributed by atoms with E-state index in [4.69, 9.17) is 28.0 Å². The molecule has 24 heteroatoms. The number of aliphatic imine (C=N–C) groups is 1. The van der Waals surface area contributed by atoms with Crippen LogP contribution in [0.1, 0.15) is 39.5 Å². The molecule has 0 aromatic carbocycles. The number of hydrogen-bond donors (Lipinski definition) is 15. The van der Waals surface area contributed by atoms with Gasteiger partial charge in [0.1, 0.15) is 42.3 Å². The standard InChI is InChI=1S/C28H51N11O13/c1-12(2)6-15(22(46)38-18(10-42)24(48)34-14(27(51)52)4-3-5-33-28(31)32)35-23(47)16(7-20(30)44)36-25(49)19(11-43)39-26(50)17(9-41)37-21(45)13(29)8-40/h12-19,40-43H,3-11,29H2,1-2H3,(H2,30,44)(H,34,48)(H,35,47)(H,36,49)(H,37,45)(H,38,46)(H,39,50)(H,51,52)(H4,31,32,33)/t13-,14-,15-,16-,17-,18-,19-/m0/s1. The van der Waals surface area contributed by atoms with Gasteiger partial charge in [-0.05, 0) is 25.2 Å². The number of carbonyl (C=O) groups is 8. The fourth-order valence-corrected chi connectivity index (χ4v) is 4.18. The van der Waals surface area contributed by atoms with Crippen molar-refractivity contribution in [3.8, 4) is 0 Å². The molecule has 0 aliphatic heterocycles. The Labute approximate surface area is 297 Å². The topological polar surface area (TPSA) is 426 Å². The number of aliphatic hydroxyl groups is 4. The van der Waals surface area contributed by atoms with Crippen molar-refractivity contribution >= 4 is 53.3 Å². The molecule has 19 N–H and O–H groups in total. The molecule has 0 spiro atoms. The minimum absolute atomic E-state index is 0.0662. The summed E-state index contributed by atoms with van der Waals surface area (Å²) in [5.74, 6) is -9.69. The molecule has 0 saturated carbocycles. The van der Waals surface area contributed by atoms with Gasteiger partial charge in [-0.25, -0.2) is 4.79 Å². The second-order valence-electron chi connectivity index (χ2n) is 11.8. The zero-order valence-electron chi connectivity index (χ0n) is 28.7. The molecular formula is C28H51N11O13. The van der Waals surface area contributed by atoms with Crippen LogP contribution in [0.25, 0.3) is 0 Å². The van der Waals surface area contributed by atoms with E-state index in [9.17, 15) is 58.8 Å². The van der Waals surface area contributed by atoms with E-state index in [0.29, 0.717) is 0 Å². The summed E-state index contributed by atoms with van der Waals surface area (Å²) in [7, 11) is 0. The Morgan fingerprint density at radius 2 is 0.962 bits per heavy atom. The first-order valence-electron chi connectivity index (χ1n) is 15.9. The molecule has 0 aromatic heterocycles. The molecule has 0 aliphatic carbocycles. The summed E-state index contributed by atoms with van der Waals surface area (Å²) < 4.78 is 0. The van der Waals surface area contributed by atoms with Crippen LogP contribution < -0.4 is 54.8 Å². The van der Waals surface area contributed by atoms with Crippen LogP contribution in [0, 0.1) is 5.92 Å². The lowest BCUT2D eigenvalue weighted by Gasteiger charge is -2.27. The lowest BCUT2D eigenvalue weighted by Crippen LogP contribution is -2.61. The van der Waals surface area contributed by atoms with Gasteiger partial charge in [0.2, 0.25) is 41.4 Å². The predicted molar refractivity (Wildman–Crippen MR) is 179 cm³/mol. The van der Waals surface area contributed by atoms with Gasteiger partial charge in [-0.15, -0.1) is 0 Å². The molecule has 0 radical (unpaired) electrons. The summed E-state index contributed by atoms with van der Waals surface area (Å²) in [5, 5.41) is 60.4. The second-order valence-corrected chi connectivity index (χ2v) is 11.8. The maximum absolute atomic E-state index is 13.3. The minimum atomic E-state index is -1.81. The molecule has 0 rings (SSSR count). The number of nitrogens with two attached hydrogens (primary N) is 4. The molecule has 7 amide bonds. The van der Waals surface area contributed by atoms with Crippen LogP contribution in [-0.4, -0.2) is 154 Å². The Hall–Kier alpha value is -5.17. The van der Waals surface area contributed by atoms with Gasteiger partial charge in [-0.2, -0.15) is 0 Å². The third kappa shape index (κ3) is 17.7. The fraction of sp³-hybridized carbons (Fsp3) is 0.679. The van der Waals surface area contributed by atoms with Crippen LogP contribution in [0.2, 0.25) is 0 Å². The van der Waals surface area contributed by atoms with Gasteiger partial charge < -0.3 is 80.4 Å². The van der Waals surface area contributed by atoms with Gasteiger partial charge in [0.25, 0.3) is 0 Å². The maximum Gasteiger partial charge on any atom is 0.326 e. The van der Waals surface area contributed by atoms with Crippen LogP contribution in [-0.2, 0) is 38.4 Å². The van der Waals surface area contributed by atoms with Crippen molar-refractivity contribution in [2.75, 3.05) is 33.0 Å². The van der Waals surface area contributed by atoms with Gasteiger partial charge in [-0.1, -0.05) is 13.8 Å². The fourth-order valence-electron chi connectivity index (χ4n) is 4.18. The highest BCUT2D eigenvalue weighted by molar-refractivity contribution is 5.98. The monoisotopic (exact) mass is 749 g/mol. The number of hydrogen-bond acceptors (Lipinski definition) is 14. The number of carboxylic acid groups (broad SMARTS) is 1. The molecule has 0 aromatic rings. The highest BCUT2D eigenvalue weighted by Crippen LogP contribution is 2.08. The number of aliphatic hydroxyl groups excluding tert-OH is 4. The van der Waals surface area contributed by atoms with Gasteiger partial charge in [0.05, 0.1) is 32.8 Å². The number of guanidine groups is 1. The first kappa shape index (κ1) is 46.8. The lowest BCUT2D eigenvalue weighted by molar-refractivity contribution is -0.142. The smallest absolute Gasteiger partial charge is 0.326 e. The molecule has 0 aliphatic rings. The molecule has 0 unspecified atom stereocenters. The van der Waals surface area contributed by atoms with Crippen molar-refractivity contribution in [2.24, 2.45) is 33.8 Å². The summed E-state index contributed by atoms with van der Waals surface area (Å²) in [6, 6.07) is -11.3. The number of rotatable bonds is 25. The molecule has 296 valence electrons. The lowest BCUT2D eigenvalue weighted by atomic mass is 10.0. The molecule has 0 bridgehead atoms. The Kier molecular flexibility index (Phi) is 21.7. The summed E-state index contributed by atoms with van der Waals surface area (Å²) >= 11 is 0. The summed E-state index contributed by atoms with van der Waals surface area (Å²) in [4.78, 5) is 104. The minimum Gasteiger partial charge on any atom is -0.480 e. The third-order valence-electron chi connectivity index (χ3n) is 6.92. The van der Waals surface area contributed by atoms with Crippen molar-refractivity contribution in [1.29, 1.82) is 0 Å². The van der Waals surface area contributed by atoms with Gasteiger partial charge in [-0.3, -0.25) is 38.6 Å². The molecule has 0 heterocycles. The highest BCUT2D eigenvalue weighted by atomic mass is 16.4. The van der Waals surface area contributed by atoms with Crippen LogP contribution in [0.5, 0.6) is 0 Å². The maximum atomic E-state index is 13.3. The van der Waals surface area contributed by atoms with Crippen molar-refractivity contribution in [2.45, 2.75) is 81.8 Å². The van der Waals surface area contributed by atoms with E-state index in [1.54, 1.807) is 13.8 Å². The van der Waals surface area contributed by atoms with Gasteiger partial charge >= 0.3 is 5.97 Å². The van der Waals surface area contributed by atoms with Crippen LogP contribution >= 0.6 is 0 Å². The SMILES string of the molecule is CC(C)C[C@H](NC(=O)[C@H](CC(N)=O)NC(=O)[C@H](CO)NC(=O)[C@H](CO)NC(=O)[C@@H](N)CO)C(=O)N[C@@H](CO)C(=O)N[C@@H](CCCN=C(N)N)C(=O)O. The van der Waals surface area contributed by atoms with E-state index in [1.807, 2.05) is 10.6 Å². The predicted octanol–water partition coefficient (Wildman–Crippen LogP) is -8.75. The van der Waals surface area contributed by atoms with Crippen molar-refractivity contribution in [1.82, 2.24) is 31.9 Å². The van der Waals surface area contributed by atoms with E-state index in [1.165, 1.54) is 0 Å². The number of amides is 7. The van der Waals surface area contributed by atoms with Crippen molar-refractivity contribution < 1.29 is 63.9 Å². The third-order valence-corrected chi connectivity index (χ3v) is 6.92. The largest absolute Gasteiger partial charge is 0.480 e. The molecule has 52 heavy (non-hydrogen) atoms. The molecule has 0 fully saturated rings. The van der Waals surface area contributed by atoms with E-state index in [0.717, 1.165) is 0 Å². The number of nitrogens with one attached hydrogen (secondary N) is 6. The molecule has 24 nitrogen and oxygen atoms in total. The number of nitrogens with zero attached hydrogens (tertiary/aromatic N) is 1. The van der Waals surface area contributed by atoms with E-state index in [2.05, 4.69) is 26.3 Å². The average Bonchev–Trinajstić information content (AvgIpc) is 3.07. The normalized spacial score (nSPS) is 14.9. The quantitative estimate of drug-likeness (QED) is 0.0234. The highest BCUT2D eigenvalue weighted by Gasteiger charge is 2.34. The van der Waals surface area contributed by atoms with Crippen molar-refractivity contribution in [3.63, 3.8) is 0 Å². The number of carboxylic acids is 1.